The third-order valence-electron chi connectivity index (χ3n) is 3.58. The number of aliphatic hydroxyl groups excluding tert-OH is 1. The number of methoxy groups -OCH3 is 2. The molecule has 0 aromatic heterocycles. The second kappa shape index (κ2) is 5.16. The molecule has 1 heterocycles. The Morgan fingerprint density at radius 3 is 2.44 bits per heavy atom. The summed E-state index contributed by atoms with van der Waals surface area (Å²) in [5.41, 5.74) is 1.94. The molecule has 0 unspecified atom stereocenters. The van der Waals surface area contributed by atoms with E-state index in [0.29, 0.717) is 13.2 Å². The number of benzene rings is 1. The highest BCUT2D eigenvalue weighted by Crippen LogP contribution is 2.38. The van der Waals surface area contributed by atoms with Gasteiger partial charge in [-0.3, -0.25) is 0 Å². The number of ether oxygens (including phenoxy) is 3. The van der Waals surface area contributed by atoms with Gasteiger partial charge in [0, 0.05) is 11.0 Å². The molecule has 1 aromatic rings. The zero-order valence-corrected chi connectivity index (χ0v) is 11.2. The Kier molecular flexibility index (Phi) is 3.78. The first-order chi connectivity index (χ1) is 8.65. The average Bonchev–Trinajstić information content (AvgIpc) is 2.34. The molecule has 2 rings (SSSR count). The minimum absolute atomic E-state index is 0.140. The second-order valence-corrected chi connectivity index (χ2v) is 4.91. The fourth-order valence-corrected chi connectivity index (χ4v) is 2.42. The van der Waals surface area contributed by atoms with Crippen LogP contribution in [-0.2, 0) is 11.2 Å². The first-order valence-electron chi connectivity index (χ1n) is 6.05. The third-order valence-corrected chi connectivity index (χ3v) is 3.58. The Morgan fingerprint density at radius 1 is 1.28 bits per heavy atom. The number of hydrogen-bond acceptors (Lipinski definition) is 4. The van der Waals surface area contributed by atoms with Crippen molar-refractivity contribution in [2.75, 3.05) is 34.0 Å². The van der Waals surface area contributed by atoms with Crippen LogP contribution in [0.4, 0.5) is 0 Å². The van der Waals surface area contributed by atoms with E-state index in [-0.39, 0.29) is 12.0 Å². The van der Waals surface area contributed by atoms with Gasteiger partial charge in [-0.1, -0.05) is 6.07 Å². The molecule has 0 radical (unpaired) electrons. The highest BCUT2D eigenvalue weighted by Gasteiger charge is 2.39. The maximum absolute atomic E-state index is 9.49. The summed E-state index contributed by atoms with van der Waals surface area (Å²) in [7, 11) is 3.31. The number of rotatable bonds is 5. The van der Waals surface area contributed by atoms with Crippen LogP contribution in [0.25, 0.3) is 0 Å². The van der Waals surface area contributed by atoms with Gasteiger partial charge in [-0.15, -0.1) is 0 Å². The summed E-state index contributed by atoms with van der Waals surface area (Å²) in [5, 5.41) is 9.49. The molecular weight excluding hydrogens is 232 g/mol. The molecule has 0 bridgehead atoms. The zero-order valence-electron chi connectivity index (χ0n) is 11.2. The molecule has 0 spiro atoms. The lowest BCUT2D eigenvalue weighted by atomic mass is 9.80. The lowest BCUT2D eigenvalue weighted by Crippen LogP contribution is -2.47. The molecule has 1 aliphatic rings. The highest BCUT2D eigenvalue weighted by molar-refractivity contribution is 5.49. The SMILES string of the molecule is COc1ccc(CC2(CO)COC2)c(OC)c1C. The van der Waals surface area contributed by atoms with Crippen LogP contribution in [0.1, 0.15) is 11.1 Å². The molecule has 1 saturated heterocycles. The van der Waals surface area contributed by atoms with E-state index in [2.05, 4.69) is 0 Å². The van der Waals surface area contributed by atoms with Gasteiger partial charge in [-0.2, -0.15) is 0 Å². The summed E-state index contributed by atoms with van der Waals surface area (Å²) in [6.45, 7) is 3.33. The van der Waals surface area contributed by atoms with Crippen molar-refractivity contribution in [1.29, 1.82) is 0 Å². The van der Waals surface area contributed by atoms with Crippen molar-refractivity contribution >= 4 is 0 Å². The highest BCUT2D eigenvalue weighted by atomic mass is 16.5. The van der Waals surface area contributed by atoms with E-state index in [0.717, 1.165) is 29.0 Å². The summed E-state index contributed by atoms with van der Waals surface area (Å²) in [4.78, 5) is 0. The average molecular weight is 252 g/mol. The topological polar surface area (TPSA) is 47.9 Å². The van der Waals surface area contributed by atoms with Crippen molar-refractivity contribution in [2.45, 2.75) is 13.3 Å². The van der Waals surface area contributed by atoms with Gasteiger partial charge in [0.1, 0.15) is 11.5 Å². The largest absolute Gasteiger partial charge is 0.496 e. The van der Waals surface area contributed by atoms with Crippen LogP contribution < -0.4 is 9.47 Å². The van der Waals surface area contributed by atoms with Gasteiger partial charge in [0.15, 0.2) is 0 Å². The van der Waals surface area contributed by atoms with E-state index in [4.69, 9.17) is 14.2 Å². The van der Waals surface area contributed by atoms with E-state index in [1.807, 2.05) is 19.1 Å². The van der Waals surface area contributed by atoms with Crippen LogP contribution in [-0.4, -0.2) is 39.1 Å². The van der Waals surface area contributed by atoms with Crippen molar-refractivity contribution in [3.05, 3.63) is 23.3 Å². The minimum atomic E-state index is -0.145. The van der Waals surface area contributed by atoms with Crippen molar-refractivity contribution in [3.63, 3.8) is 0 Å². The van der Waals surface area contributed by atoms with Gasteiger partial charge < -0.3 is 19.3 Å². The zero-order chi connectivity index (χ0) is 13.2. The lowest BCUT2D eigenvalue weighted by molar-refractivity contribution is -0.136. The Hall–Kier alpha value is -1.26. The smallest absolute Gasteiger partial charge is 0.128 e. The molecule has 0 aliphatic carbocycles. The molecule has 0 saturated carbocycles. The van der Waals surface area contributed by atoms with E-state index in [1.54, 1.807) is 14.2 Å². The normalized spacial score (nSPS) is 17.1. The maximum Gasteiger partial charge on any atom is 0.128 e. The molecular formula is C14H20O4. The quantitative estimate of drug-likeness (QED) is 0.864. The number of aliphatic hydroxyl groups is 1. The van der Waals surface area contributed by atoms with E-state index in [9.17, 15) is 5.11 Å². The fourth-order valence-electron chi connectivity index (χ4n) is 2.42. The first-order valence-corrected chi connectivity index (χ1v) is 6.05. The van der Waals surface area contributed by atoms with Crippen LogP contribution in [0.5, 0.6) is 11.5 Å². The predicted octanol–water partition coefficient (Wildman–Crippen LogP) is 1.56. The lowest BCUT2D eigenvalue weighted by Gasteiger charge is -2.40. The van der Waals surface area contributed by atoms with Crippen molar-refractivity contribution in [1.82, 2.24) is 0 Å². The maximum atomic E-state index is 9.49. The Labute approximate surface area is 107 Å². The summed E-state index contributed by atoms with van der Waals surface area (Å²) >= 11 is 0. The van der Waals surface area contributed by atoms with Gasteiger partial charge in [-0.05, 0) is 25.0 Å². The standard InChI is InChI=1S/C14H20O4/c1-10-12(16-2)5-4-11(13(10)17-3)6-14(7-15)8-18-9-14/h4-5,15H,6-9H2,1-3H3. The Morgan fingerprint density at radius 2 is 2.00 bits per heavy atom. The van der Waals surface area contributed by atoms with Gasteiger partial charge in [0.25, 0.3) is 0 Å². The molecule has 4 nitrogen and oxygen atoms in total. The van der Waals surface area contributed by atoms with Crippen molar-refractivity contribution < 1.29 is 19.3 Å². The second-order valence-electron chi connectivity index (χ2n) is 4.91. The van der Waals surface area contributed by atoms with Crippen LogP contribution in [0.15, 0.2) is 12.1 Å². The van der Waals surface area contributed by atoms with Crippen LogP contribution in [0.3, 0.4) is 0 Å². The molecule has 18 heavy (non-hydrogen) atoms. The van der Waals surface area contributed by atoms with Gasteiger partial charge in [0.05, 0.1) is 34.0 Å². The van der Waals surface area contributed by atoms with Gasteiger partial charge in [0.2, 0.25) is 0 Å². The summed E-state index contributed by atoms with van der Waals surface area (Å²) in [6.07, 6.45) is 0.761. The summed E-state index contributed by atoms with van der Waals surface area (Å²) in [6, 6.07) is 3.94. The number of hydrogen-bond donors (Lipinski definition) is 1. The summed E-state index contributed by atoms with van der Waals surface area (Å²) < 4.78 is 16.0. The van der Waals surface area contributed by atoms with E-state index < -0.39 is 0 Å². The molecule has 0 amide bonds. The van der Waals surface area contributed by atoms with Gasteiger partial charge >= 0.3 is 0 Å². The third kappa shape index (κ3) is 2.18. The molecule has 100 valence electrons. The fraction of sp³-hybridized carbons (Fsp3) is 0.571. The van der Waals surface area contributed by atoms with E-state index >= 15 is 0 Å². The molecule has 4 heteroatoms. The molecule has 1 N–H and O–H groups in total. The molecule has 1 aliphatic heterocycles. The predicted molar refractivity (Wildman–Crippen MR) is 68.3 cm³/mol. The monoisotopic (exact) mass is 252 g/mol. The van der Waals surface area contributed by atoms with Crippen LogP contribution in [0.2, 0.25) is 0 Å². The molecule has 0 atom stereocenters. The molecule has 1 aromatic carbocycles. The Bertz CT molecular complexity index is 419. The van der Waals surface area contributed by atoms with E-state index in [1.165, 1.54) is 0 Å². The Balaban J connectivity index is 2.30. The van der Waals surface area contributed by atoms with Gasteiger partial charge in [-0.25, -0.2) is 0 Å². The minimum Gasteiger partial charge on any atom is -0.496 e. The van der Waals surface area contributed by atoms with Crippen molar-refractivity contribution in [3.8, 4) is 11.5 Å². The summed E-state index contributed by atoms with van der Waals surface area (Å²) in [5.74, 6) is 1.66. The van der Waals surface area contributed by atoms with Crippen molar-refractivity contribution in [2.24, 2.45) is 5.41 Å². The first kappa shape index (κ1) is 13.2. The van der Waals surface area contributed by atoms with Crippen LogP contribution in [0, 0.1) is 12.3 Å². The van der Waals surface area contributed by atoms with Crippen LogP contribution >= 0.6 is 0 Å². The molecule has 1 fully saturated rings.